The average Bonchev–Trinajstić information content (AvgIpc) is 3.13. The number of aliphatic hydroxyl groups is 1. The van der Waals surface area contributed by atoms with Gasteiger partial charge in [0.05, 0.1) is 24.4 Å². The number of amides is 1. The molecule has 0 atom stereocenters. The summed E-state index contributed by atoms with van der Waals surface area (Å²) in [6.45, 7) is 8.72. The Morgan fingerprint density at radius 1 is 1.08 bits per heavy atom. The Bertz CT molecular complexity index is 1570. The van der Waals surface area contributed by atoms with Gasteiger partial charge in [0, 0.05) is 48.9 Å². The van der Waals surface area contributed by atoms with Crippen LogP contribution in [0.2, 0.25) is 0 Å². The van der Waals surface area contributed by atoms with Crippen LogP contribution in [0.4, 0.5) is 4.79 Å². The molecule has 3 heterocycles. The molecule has 1 aliphatic rings. The highest BCUT2D eigenvalue weighted by Gasteiger charge is 2.29. The second-order valence-corrected chi connectivity index (χ2v) is 10.8. The summed E-state index contributed by atoms with van der Waals surface area (Å²) in [5.41, 5.74) is 7.19. The summed E-state index contributed by atoms with van der Waals surface area (Å²) in [4.78, 5) is 27.6. The molecule has 0 saturated carbocycles. The van der Waals surface area contributed by atoms with Crippen molar-refractivity contribution in [1.29, 1.82) is 0 Å². The molecule has 0 saturated heterocycles. The number of rotatable bonds is 3. The molecule has 2 aromatic carbocycles. The number of aliphatic hydroxyl groups excluding tert-OH is 1. The smallest absolute Gasteiger partial charge is 0.410 e. The molecule has 192 valence electrons. The lowest BCUT2D eigenvalue weighted by molar-refractivity contribution is 0.0223. The van der Waals surface area contributed by atoms with Gasteiger partial charge in [-0.3, -0.25) is 9.36 Å². The van der Waals surface area contributed by atoms with Crippen LogP contribution in [-0.2, 0) is 31.4 Å². The largest absolute Gasteiger partial charge is 0.444 e. The van der Waals surface area contributed by atoms with E-state index in [9.17, 15) is 14.7 Å². The number of aromatic nitrogens is 2. The molecule has 37 heavy (non-hydrogen) atoms. The first-order chi connectivity index (χ1) is 17.6. The van der Waals surface area contributed by atoms with E-state index >= 15 is 0 Å². The third-order valence-corrected chi connectivity index (χ3v) is 7.02. The lowest BCUT2D eigenvalue weighted by Crippen LogP contribution is -2.40. The number of pyridine rings is 1. The quantitative estimate of drug-likeness (QED) is 0.426. The second-order valence-electron chi connectivity index (χ2n) is 10.8. The Hall–Kier alpha value is -3.84. The van der Waals surface area contributed by atoms with Gasteiger partial charge in [-0.05, 0) is 68.1 Å². The van der Waals surface area contributed by atoms with Gasteiger partial charge in [0.2, 0.25) is 0 Å². The van der Waals surface area contributed by atoms with Crippen molar-refractivity contribution < 1.29 is 14.6 Å². The first-order valence-electron chi connectivity index (χ1n) is 12.6. The minimum Gasteiger partial charge on any atom is -0.444 e. The number of ether oxygens (including phenoxy) is 1. The molecule has 0 fully saturated rings. The molecule has 1 N–H and O–H groups in total. The van der Waals surface area contributed by atoms with Gasteiger partial charge in [-0.1, -0.05) is 24.3 Å². The molecule has 0 bridgehead atoms. The van der Waals surface area contributed by atoms with Gasteiger partial charge in [-0.2, -0.15) is 0 Å². The molecular formula is C30H33N3O4. The zero-order chi connectivity index (χ0) is 26.5. The maximum absolute atomic E-state index is 13.2. The predicted molar refractivity (Wildman–Crippen MR) is 145 cm³/mol. The summed E-state index contributed by atoms with van der Waals surface area (Å²) < 4.78 is 9.42. The van der Waals surface area contributed by atoms with Crippen molar-refractivity contribution in [2.24, 2.45) is 7.05 Å². The third kappa shape index (κ3) is 4.67. The summed E-state index contributed by atoms with van der Waals surface area (Å²) in [5.74, 6) is 0. The van der Waals surface area contributed by atoms with Gasteiger partial charge in [0.1, 0.15) is 5.60 Å². The van der Waals surface area contributed by atoms with Crippen LogP contribution in [0, 0.1) is 6.92 Å². The number of nitrogens with zero attached hydrogens (tertiary/aromatic N) is 3. The maximum Gasteiger partial charge on any atom is 0.410 e. The average molecular weight is 500 g/mol. The standard InChI is InChI=1S/C30H33N3O4/c1-19-14-20(18-34)6-8-23(19)21-10-13-33(28(35)15-21)22-7-9-24-25-17-32(29(36)37-30(2,3)4)12-11-26(25)31(5)27(24)16-22/h6-10,13-16,34H,11-12,17-18H2,1-5H3. The van der Waals surface area contributed by atoms with E-state index in [1.165, 1.54) is 5.69 Å². The molecule has 0 spiro atoms. The molecule has 1 aliphatic heterocycles. The van der Waals surface area contributed by atoms with Gasteiger partial charge in [0.15, 0.2) is 0 Å². The Kier molecular flexibility index (Phi) is 6.20. The Labute approximate surface area is 216 Å². The lowest BCUT2D eigenvalue weighted by Gasteiger charge is -2.30. The summed E-state index contributed by atoms with van der Waals surface area (Å²) in [6, 6.07) is 15.4. The second kappa shape index (κ2) is 9.23. The van der Waals surface area contributed by atoms with Crippen LogP contribution in [0.1, 0.15) is 43.2 Å². The van der Waals surface area contributed by atoms with Gasteiger partial charge in [-0.25, -0.2) is 4.79 Å². The number of hydrogen-bond acceptors (Lipinski definition) is 4. The van der Waals surface area contributed by atoms with Crippen molar-refractivity contribution in [3.8, 4) is 16.8 Å². The SMILES string of the molecule is Cc1cc(CO)ccc1-c1ccn(-c2ccc3c4c(n(C)c3c2)CCN(C(=O)OC(C)(C)C)C4)c(=O)c1. The van der Waals surface area contributed by atoms with Crippen molar-refractivity contribution >= 4 is 17.0 Å². The lowest BCUT2D eigenvalue weighted by atomic mass is 9.99. The third-order valence-electron chi connectivity index (χ3n) is 7.02. The molecule has 0 aliphatic carbocycles. The Balaban J connectivity index is 1.47. The van der Waals surface area contributed by atoms with Gasteiger partial charge >= 0.3 is 6.09 Å². The number of carbonyl (C=O) groups is 1. The summed E-state index contributed by atoms with van der Waals surface area (Å²) in [5, 5.41) is 10.5. The minimum atomic E-state index is -0.532. The molecule has 0 unspecified atom stereocenters. The normalized spacial score (nSPS) is 13.6. The van der Waals surface area contributed by atoms with E-state index < -0.39 is 5.60 Å². The topological polar surface area (TPSA) is 76.7 Å². The molecular weight excluding hydrogens is 466 g/mol. The number of carbonyl (C=O) groups excluding carboxylic acids is 1. The molecule has 0 radical (unpaired) electrons. The molecule has 7 nitrogen and oxygen atoms in total. The van der Waals surface area contributed by atoms with E-state index in [-0.39, 0.29) is 18.3 Å². The summed E-state index contributed by atoms with van der Waals surface area (Å²) in [7, 11) is 2.04. The fourth-order valence-electron chi connectivity index (χ4n) is 5.20. The van der Waals surface area contributed by atoms with Crippen molar-refractivity contribution in [3.63, 3.8) is 0 Å². The first kappa shape index (κ1) is 24.8. The zero-order valence-corrected chi connectivity index (χ0v) is 22.0. The molecule has 2 aromatic heterocycles. The molecule has 1 amide bonds. The highest BCUT2D eigenvalue weighted by Crippen LogP contribution is 2.32. The summed E-state index contributed by atoms with van der Waals surface area (Å²) >= 11 is 0. The predicted octanol–water partition coefficient (Wildman–Crippen LogP) is 5.09. The fourth-order valence-corrected chi connectivity index (χ4v) is 5.20. The minimum absolute atomic E-state index is 0.00713. The van der Waals surface area contributed by atoms with Crippen molar-refractivity contribution in [3.05, 3.63) is 87.5 Å². The fraction of sp³-hybridized carbons (Fsp3) is 0.333. The van der Waals surface area contributed by atoms with Crippen LogP contribution in [0.5, 0.6) is 0 Å². The van der Waals surface area contributed by atoms with E-state index in [2.05, 4.69) is 4.57 Å². The van der Waals surface area contributed by atoms with Gasteiger partial charge in [0.25, 0.3) is 5.56 Å². The van der Waals surface area contributed by atoms with Gasteiger partial charge in [-0.15, -0.1) is 0 Å². The first-order valence-corrected chi connectivity index (χ1v) is 12.6. The Morgan fingerprint density at radius 2 is 1.86 bits per heavy atom. The molecule has 5 rings (SSSR count). The monoisotopic (exact) mass is 499 g/mol. The van der Waals surface area contributed by atoms with Crippen LogP contribution in [0.15, 0.2) is 59.5 Å². The zero-order valence-electron chi connectivity index (χ0n) is 22.0. The van der Waals surface area contributed by atoms with Crippen molar-refractivity contribution in [2.45, 2.75) is 52.9 Å². The van der Waals surface area contributed by atoms with E-state index in [0.29, 0.717) is 13.1 Å². The summed E-state index contributed by atoms with van der Waals surface area (Å²) in [6.07, 6.45) is 2.27. The number of hydrogen-bond donors (Lipinski definition) is 1. The van der Waals surface area contributed by atoms with Gasteiger partial charge < -0.3 is 19.3 Å². The number of benzene rings is 2. The van der Waals surface area contributed by atoms with E-state index in [1.807, 2.05) is 83.4 Å². The van der Waals surface area contributed by atoms with Crippen molar-refractivity contribution in [2.75, 3.05) is 6.54 Å². The van der Waals surface area contributed by atoms with E-state index in [1.54, 1.807) is 15.5 Å². The number of fused-ring (bicyclic) bond motifs is 3. The van der Waals surface area contributed by atoms with Crippen LogP contribution < -0.4 is 5.56 Å². The number of aryl methyl sites for hydroxylation is 2. The van der Waals surface area contributed by atoms with Crippen LogP contribution in [0.25, 0.3) is 27.7 Å². The van der Waals surface area contributed by atoms with Crippen LogP contribution >= 0.6 is 0 Å². The van der Waals surface area contributed by atoms with Crippen molar-refractivity contribution in [1.82, 2.24) is 14.0 Å². The Morgan fingerprint density at radius 3 is 2.54 bits per heavy atom. The van der Waals surface area contributed by atoms with Crippen LogP contribution in [0.3, 0.4) is 0 Å². The van der Waals surface area contributed by atoms with E-state index in [4.69, 9.17) is 4.74 Å². The van der Waals surface area contributed by atoms with Crippen LogP contribution in [-0.4, -0.2) is 37.4 Å². The highest BCUT2D eigenvalue weighted by molar-refractivity contribution is 5.88. The maximum atomic E-state index is 13.2. The van der Waals surface area contributed by atoms with E-state index in [0.717, 1.165) is 50.8 Å². The molecule has 7 heteroatoms. The highest BCUT2D eigenvalue weighted by atomic mass is 16.6. The molecule has 4 aromatic rings.